The Hall–Kier alpha value is -3.10. The summed E-state index contributed by atoms with van der Waals surface area (Å²) in [6.45, 7) is 9.42. The zero-order valence-electron chi connectivity index (χ0n) is 20.5. The number of nitrogens with one attached hydrogen (secondary N) is 1. The molecule has 0 amide bonds. The zero-order chi connectivity index (χ0) is 24.8. The van der Waals surface area contributed by atoms with Gasteiger partial charge in [0.2, 0.25) is 5.82 Å². The van der Waals surface area contributed by atoms with Crippen LogP contribution in [0.1, 0.15) is 51.5 Å². The van der Waals surface area contributed by atoms with Crippen LogP contribution in [0.25, 0.3) is 15.8 Å². The lowest BCUT2D eigenvalue weighted by Crippen LogP contribution is -2.29. The zero-order valence-corrected chi connectivity index (χ0v) is 21.3. The van der Waals surface area contributed by atoms with Crippen LogP contribution in [-0.2, 0) is 0 Å². The van der Waals surface area contributed by atoms with Crippen molar-refractivity contribution in [3.05, 3.63) is 48.2 Å². The Labute approximate surface area is 211 Å². The first kappa shape index (κ1) is 25.0. The van der Waals surface area contributed by atoms with E-state index in [1.165, 1.54) is 0 Å². The number of aromatic nitrogens is 2. The molecule has 1 saturated carbocycles. The number of thiazole rings is 1. The highest BCUT2D eigenvalue weighted by Crippen LogP contribution is 2.31. The lowest BCUT2D eigenvalue weighted by atomic mass is 9.93. The molecule has 0 saturated heterocycles. The molecule has 184 valence electrons. The molecule has 35 heavy (non-hydrogen) atoms. The van der Waals surface area contributed by atoms with Crippen molar-refractivity contribution in [1.29, 1.82) is 0 Å². The third-order valence-corrected chi connectivity index (χ3v) is 7.27. The van der Waals surface area contributed by atoms with E-state index in [4.69, 9.17) is 15.7 Å². The van der Waals surface area contributed by atoms with Gasteiger partial charge in [-0.2, -0.15) is 0 Å². The van der Waals surface area contributed by atoms with Gasteiger partial charge in [0.15, 0.2) is 5.13 Å². The Morgan fingerprint density at radius 2 is 2.06 bits per heavy atom. The van der Waals surface area contributed by atoms with Crippen LogP contribution in [0.3, 0.4) is 0 Å². The number of nitrogens with zero attached hydrogens (tertiary/aromatic N) is 4. The van der Waals surface area contributed by atoms with E-state index in [1.807, 2.05) is 41.1 Å². The van der Waals surface area contributed by atoms with E-state index < -0.39 is 0 Å². The van der Waals surface area contributed by atoms with Crippen LogP contribution in [-0.4, -0.2) is 51.3 Å². The first-order valence-electron chi connectivity index (χ1n) is 12.3. The highest BCUT2D eigenvalue weighted by atomic mass is 32.1. The quantitative estimate of drug-likeness (QED) is 0.271. The molecule has 2 heterocycles. The lowest BCUT2D eigenvalue weighted by molar-refractivity contribution is -0.486. The van der Waals surface area contributed by atoms with E-state index >= 15 is 0 Å². The third kappa shape index (κ3) is 6.52. The van der Waals surface area contributed by atoms with Gasteiger partial charge in [-0.25, -0.2) is 9.56 Å². The van der Waals surface area contributed by atoms with Gasteiger partial charge >= 0.3 is 5.82 Å². The highest BCUT2D eigenvalue weighted by Gasteiger charge is 2.26. The predicted molar refractivity (Wildman–Crippen MR) is 147 cm³/mol. The molecule has 0 unspecified atom stereocenters. The molecular formula is C27H35N6OS+. The monoisotopic (exact) mass is 491 g/mol. The summed E-state index contributed by atoms with van der Waals surface area (Å²) in [5.74, 6) is 2.17. The second kappa shape index (κ2) is 11.6. The number of nitrogens with two attached hydrogens (primary N) is 1. The van der Waals surface area contributed by atoms with E-state index in [0.29, 0.717) is 12.0 Å². The molecule has 0 aliphatic heterocycles. The van der Waals surface area contributed by atoms with Crippen LogP contribution in [0.5, 0.6) is 0 Å². The number of anilines is 2. The Morgan fingerprint density at radius 3 is 2.80 bits per heavy atom. The molecule has 3 aromatic rings. The van der Waals surface area contributed by atoms with Gasteiger partial charge in [-0.05, 0) is 66.8 Å². The van der Waals surface area contributed by atoms with Gasteiger partial charge in [0, 0.05) is 36.7 Å². The molecule has 1 aliphatic carbocycles. The summed E-state index contributed by atoms with van der Waals surface area (Å²) >= 11 is 1.58. The molecule has 8 heteroatoms. The number of hydrogen-bond acceptors (Lipinski definition) is 7. The second-order valence-electron chi connectivity index (χ2n) is 9.48. The number of rotatable bonds is 9. The average molecular weight is 492 g/mol. The molecule has 7 nitrogen and oxygen atoms in total. The summed E-state index contributed by atoms with van der Waals surface area (Å²) in [5.41, 5.74) is 8.73. The molecule has 2 aromatic heterocycles. The summed E-state index contributed by atoms with van der Waals surface area (Å²) in [6.07, 6.45) is 7.80. The smallest absolute Gasteiger partial charge is 0.325 e. The number of aliphatic hydroxyl groups excluding tert-OH is 1. The first-order valence-corrected chi connectivity index (χ1v) is 13.1. The normalized spacial score (nSPS) is 19.0. The Bertz CT molecular complexity index is 1220. The molecule has 0 radical (unpaired) electrons. The topological polar surface area (TPSA) is 99.4 Å². The van der Waals surface area contributed by atoms with E-state index in [9.17, 15) is 5.11 Å². The number of benzene rings is 1. The van der Waals surface area contributed by atoms with E-state index in [2.05, 4.69) is 36.9 Å². The number of allylic oxidation sites excluding steroid dienone is 1. The van der Waals surface area contributed by atoms with Crippen molar-refractivity contribution in [3.63, 3.8) is 0 Å². The lowest BCUT2D eigenvalue weighted by Gasteiger charge is -2.24. The minimum absolute atomic E-state index is 0.186. The predicted octanol–water partition coefficient (Wildman–Crippen LogP) is 5.50. The fourth-order valence-electron chi connectivity index (χ4n) is 4.19. The molecule has 1 fully saturated rings. The van der Waals surface area contributed by atoms with E-state index in [0.717, 1.165) is 76.8 Å². The van der Waals surface area contributed by atoms with Crippen molar-refractivity contribution >= 4 is 56.8 Å². The van der Waals surface area contributed by atoms with Crippen molar-refractivity contribution in [3.8, 4) is 0 Å². The van der Waals surface area contributed by atoms with Crippen molar-refractivity contribution < 1.29 is 9.68 Å². The van der Waals surface area contributed by atoms with Crippen LogP contribution in [0.4, 0.5) is 16.8 Å². The third-order valence-electron chi connectivity index (χ3n) is 6.34. The maximum Gasteiger partial charge on any atom is 0.325 e. The minimum atomic E-state index is -0.186. The largest absolute Gasteiger partial charge is 0.404 e. The van der Waals surface area contributed by atoms with E-state index in [1.54, 1.807) is 17.5 Å². The van der Waals surface area contributed by atoms with Gasteiger partial charge in [0.1, 0.15) is 6.04 Å². The van der Waals surface area contributed by atoms with Gasteiger partial charge in [0.05, 0.1) is 23.0 Å². The maximum atomic E-state index is 9.79. The molecule has 0 bridgehead atoms. The molecular weight excluding hydrogens is 456 g/mol. The summed E-state index contributed by atoms with van der Waals surface area (Å²) in [5, 5.41) is 13.9. The number of hydrogen-bond donors (Lipinski definition) is 3. The Morgan fingerprint density at radius 1 is 1.26 bits per heavy atom. The molecule has 0 atom stereocenters. The van der Waals surface area contributed by atoms with Gasteiger partial charge in [-0.15, -0.1) is 0 Å². The molecule has 4 N–H and O–H groups in total. The van der Waals surface area contributed by atoms with Gasteiger partial charge in [-0.3, -0.25) is 10.3 Å². The molecule has 4 rings (SSSR count). The molecule has 1 aromatic carbocycles. The standard InChI is InChI=1S/C27H35N6OS/c1-18(2)13-14-29-17-20(16-28)19-7-12-23-24(15-19)35-27(30-23)32-25-5-4-6-26(31-25)33(3)21-8-10-22(34)11-9-21/h4-7,12,15-18,21-22,34H,3,8-11,13-14,28H2,1-2H3,(H,30,31,32)/q+1. The molecule has 0 spiro atoms. The number of aliphatic hydroxyl groups is 1. The summed E-state index contributed by atoms with van der Waals surface area (Å²) in [7, 11) is 0. The van der Waals surface area contributed by atoms with Gasteiger partial charge in [0.25, 0.3) is 0 Å². The van der Waals surface area contributed by atoms with Crippen LogP contribution in [0, 0.1) is 5.92 Å². The van der Waals surface area contributed by atoms with Crippen molar-refractivity contribution in [2.45, 2.75) is 58.1 Å². The van der Waals surface area contributed by atoms with Gasteiger partial charge < -0.3 is 10.8 Å². The van der Waals surface area contributed by atoms with Crippen LogP contribution in [0.2, 0.25) is 0 Å². The summed E-state index contributed by atoms with van der Waals surface area (Å²) in [4.78, 5) is 14.0. The summed E-state index contributed by atoms with van der Waals surface area (Å²) < 4.78 is 3.04. The van der Waals surface area contributed by atoms with Crippen molar-refractivity contribution in [1.82, 2.24) is 9.97 Å². The first-order chi connectivity index (χ1) is 16.9. The van der Waals surface area contributed by atoms with Crippen LogP contribution in [0.15, 0.2) is 47.6 Å². The average Bonchev–Trinajstić information content (AvgIpc) is 3.25. The van der Waals surface area contributed by atoms with Crippen molar-refractivity contribution in [2.24, 2.45) is 16.6 Å². The van der Waals surface area contributed by atoms with Gasteiger partial charge in [-0.1, -0.05) is 31.3 Å². The minimum Gasteiger partial charge on any atom is -0.404 e. The fourth-order valence-corrected chi connectivity index (χ4v) is 5.10. The van der Waals surface area contributed by atoms with Crippen LogP contribution >= 0.6 is 11.3 Å². The Balaban J connectivity index is 1.46. The number of fused-ring (bicyclic) bond motifs is 1. The summed E-state index contributed by atoms with van der Waals surface area (Å²) in [6, 6.07) is 12.3. The Kier molecular flexibility index (Phi) is 8.25. The van der Waals surface area contributed by atoms with E-state index in [-0.39, 0.29) is 6.10 Å². The number of aliphatic imine (C=N–C) groups is 1. The SMILES string of the molecule is C=[N+](c1cccc(Nc2nc3ccc(C(C=NCCC(C)C)=CN)cc3s2)n1)C1CCC(O)CC1. The highest BCUT2D eigenvalue weighted by molar-refractivity contribution is 7.22. The van der Waals surface area contributed by atoms with Crippen molar-refractivity contribution in [2.75, 3.05) is 11.9 Å². The number of pyridine rings is 1. The van der Waals surface area contributed by atoms with Crippen LogP contribution < -0.4 is 11.1 Å². The maximum absolute atomic E-state index is 9.79. The second-order valence-corrected chi connectivity index (χ2v) is 10.5. The fraction of sp³-hybridized carbons (Fsp3) is 0.407. The molecule has 1 aliphatic rings.